The number of benzene rings is 1. The molecule has 0 saturated heterocycles. The van der Waals surface area contributed by atoms with Crippen LogP contribution < -0.4 is 0 Å². The van der Waals surface area contributed by atoms with E-state index in [1.54, 1.807) is 0 Å². The second-order valence-electron chi connectivity index (χ2n) is 5.19. The fourth-order valence-electron chi connectivity index (χ4n) is 2.43. The van der Waals surface area contributed by atoms with Crippen molar-refractivity contribution in [2.24, 2.45) is 0 Å². The van der Waals surface area contributed by atoms with Gasteiger partial charge in [0.1, 0.15) is 0 Å². The topological polar surface area (TPSA) is 121 Å². The summed E-state index contributed by atoms with van der Waals surface area (Å²) in [5, 5.41) is 11.1. The summed E-state index contributed by atoms with van der Waals surface area (Å²) in [7, 11) is -4.73. The Morgan fingerprint density at radius 3 is 2.41 bits per heavy atom. The monoisotopic (exact) mass is 346 g/mol. The quantitative estimate of drug-likeness (QED) is 0.426. The molecular formula is C13H17NO6PS+. The van der Waals surface area contributed by atoms with Crippen molar-refractivity contribution in [1.82, 2.24) is 0 Å². The zero-order valence-electron chi connectivity index (χ0n) is 11.7. The third-order valence-electron chi connectivity index (χ3n) is 3.52. The van der Waals surface area contributed by atoms with E-state index in [9.17, 15) is 29.6 Å². The number of rotatable bonds is 5. The van der Waals surface area contributed by atoms with Crippen LogP contribution in [0.15, 0.2) is 23.1 Å². The number of carbonyl (C=O) groups is 1. The number of thioether (sulfide) groups is 1. The van der Waals surface area contributed by atoms with Gasteiger partial charge in [0.15, 0.2) is 0 Å². The largest absolute Gasteiger partial charge is 0.483 e. The van der Waals surface area contributed by atoms with E-state index in [2.05, 4.69) is 0 Å². The van der Waals surface area contributed by atoms with Crippen LogP contribution in [-0.2, 0) is 0 Å². The van der Waals surface area contributed by atoms with Gasteiger partial charge in [-0.25, -0.2) is 4.79 Å². The summed E-state index contributed by atoms with van der Waals surface area (Å²) in [5.41, 5.74) is -1.79. The maximum Gasteiger partial charge on any atom is 0.483 e. The molecule has 1 fully saturated rings. The lowest BCUT2D eigenvalue weighted by atomic mass is 10.0. The molecule has 0 unspecified atom stereocenters. The molecule has 7 nitrogen and oxygen atoms in total. The zero-order valence-corrected chi connectivity index (χ0v) is 13.4. The van der Waals surface area contributed by atoms with Crippen LogP contribution in [0.2, 0.25) is 0 Å². The molecule has 1 aromatic rings. The van der Waals surface area contributed by atoms with Gasteiger partial charge in [0.05, 0.1) is 10.5 Å². The predicted molar refractivity (Wildman–Crippen MR) is 83.7 cm³/mol. The van der Waals surface area contributed by atoms with Crippen LogP contribution in [0.5, 0.6) is 0 Å². The minimum atomic E-state index is -4.73. The van der Waals surface area contributed by atoms with E-state index in [1.165, 1.54) is 30.3 Å². The molecule has 1 aromatic carbocycles. The second kappa shape index (κ2) is 7.02. The lowest BCUT2D eigenvalue weighted by Gasteiger charge is -2.21. The molecule has 9 heteroatoms. The van der Waals surface area contributed by atoms with Crippen molar-refractivity contribution in [3.05, 3.63) is 33.9 Å². The first-order valence-corrected chi connectivity index (χ1v) is 9.39. The molecule has 120 valence electrons. The zero-order chi connectivity index (χ0) is 16.3. The van der Waals surface area contributed by atoms with Crippen molar-refractivity contribution in [1.29, 1.82) is 0 Å². The summed E-state index contributed by atoms with van der Waals surface area (Å²) in [6.07, 6.45) is 5.30. The van der Waals surface area contributed by atoms with Gasteiger partial charge >= 0.3 is 13.5 Å². The van der Waals surface area contributed by atoms with Gasteiger partial charge in [0.2, 0.25) is 0 Å². The standard InChI is InChI=1S/C13H17NO6PS/c15-13(21(18,19)20)11-8-9(14(16)17)6-7-12(11)22-10-4-2-1-3-5-10/h6-8,10,18-20H,1-5H2/q+1. The van der Waals surface area contributed by atoms with Gasteiger partial charge in [-0.3, -0.25) is 10.1 Å². The van der Waals surface area contributed by atoms with Crippen LogP contribution >= 0.6 is 19.7 Å². The maximum atomic E-state index is 12.0. The minimum absolute atomic E-state index is 0.203. The molecule has 0 radical (unpaired) electrons. The van der Waals surface area contributed by atoms with Gasteiger partial charge in [-0.2, -0.15) is 14.7 Å². The number of hydrogen-bond donors (Lipinski definition) is 3. The summed E-state index contributed by atoms with van der Waals surface area (Å²) in [6, 6.07) is 3.69. The minimum Gasteiger partial charge on any atom is -0.258 e. The van der Waals surface area contributed by atoms with Crippen molar-refractivity contribution in [2.45, 2.75) is 42.2 Å². The lowest BCUT2D eigenvalue weighted by molar-refractivity contribution is -0.384. The first kappa shape index (κ1) is 17.3. The number of nitro benzene ring substituents is 1. The van der Waals surface area contributed by atoms with Crippen LogP contribution in [0.25, 0.3) is 0 Å². The molecule has 0 aromatic heterocycles. The number of hydrogen-bond acceptors (Lipinski definition) is 7. The Balaban J connectivity index is 2.34. The maximum absolute atomic E-state index is 12.0. The molecule has 0 aliphatic heterocycles. The SMILES string of the molecule is O=C(c1cc([N+](=O)[O-])ccc1SC1CCCCC1)[P+](O)(O)O. The van der Waals surface area contributed by atoms with Crippen molar-refractivity contribution < 1.29 is 24.4 Å². The fraction of sp³-hybridized carbons (Fsp3) is 0.462. The van der Waals surface area contributed by atoms with Crippen LogP contribution in [0.4, 0.5) is 5.69 Å². The molecule has 2 rings (SSSR count). The first-order valence-electron chi connectivity index (χ1n) is 6.86. The van der Waals surface area contributed by atoms with E-state index >= 15 is 0 Å². The van der Waals surface area contributed by atoms with Gasteiger partial charge < -0.3 is 0 Å². The fourth-order valence-corrected chi connectivity index (χ4v) is 4.36. The summed E-state index contributed by atoms with van der Waals surface area (Å²) >= 11 is 1.40. The van der Waals surface area contributed by atoms with E-state index in [0.717, 1.165) is 31.7 Å². The predicted octanol–water partition coefficient (Wildman–Crippen LogP) is 2.90. The molecule has 0 atom stereocenters. The first-order chi connectivity index (χ1) is 10.3. The summed E-state index contributed by atoms with van der Waals surface area (Å²) in [5.74, 6) is 0. The molecule has 1 aliphatic carbocycles. The Hall–Kier alpha value is -1.05. The second-order valence-corrected chi connectivity index (χ2v) is 8.07. The van der Waals surface area contributed by atoms with Gasteiger partial charge in [0.25, 0.3) is 5.69 Å². The van der Waals surface area contributed by atoms with Crippen LogP contribution in [0, 0.1) is 10.1 Å². The van der Waals surface area contributed by atoms with Gasteiger partial charge in [0, 0.05) is 22.3 Å². The molecule has 0 heterocycles. The number of nitro groups is 1. The van der Waals surface area contributed by atoms with Crippen molar-refractivity contribution in [3.63, 3.8) is 0 Å². The molecule has 1 aliphatic rings. The summed E-state index contributed by atoms with van der Waals surface area (Å²) < 4.78 is 0. The molecule has 0 amide bonds. The molecule has 1 saturated carbocycles. The molecule has 22 heavy (non-hydrogen) atoms. The van der Waals surface area contributed by atoms with Gasteiger partial charge in [-0.15, -0.1) is 11.8 Å². The van der Waals surface area contributed by atoms with Crippen LogP contribution in [-0.4, -0.2) is 30.4 Å². The Bertz CT molecular complexity index is 582. The highest BCUT2D eigenvalue weighted by Crippen LogP contribution is 2.50. The van der Waals surface area contributed by atoms with Crippen LogP contribution in [0.3, 0.4) is 0 Å². The Morgan fingerprint density at radius 2 is 1.86 bits per heavy atom. The highest BCUT2D eigenvalue weighted by molar-refractivity contribution is 8.00. The Kier molecular flexibility index (Phi) is 5.52. The highest BCUT2D eigenvalue weighted by atomic mass is 32.2. The lowest BCUT2D eigenvalue weighted by Crippen LogP contribution is -2.11. The van der Waals surface area contributed by atoms with Crippen molar-refractivity contribution >= 4 is 30.9 Å². The van der Waals surface area contributed by atoms with E-state index in [0.29, 0.717) is 4.90 Å². The molecule has 0 bridgehead atoms. The Labute approximate surface area is 132 Å². The van der Waals surface area contributed by atoms with Crippen molar-refractivity contribution in [3.8, 4) is 0 Å². The molecular weight excluding hydrogens is 329 g/mol. The number of carbonyl (C=O) groups excluding carboxylic acids is 1. The van der Waals surface area contributed by atoms with E-state index in [1.807, 2.05) is 0 Å². The molecule has 0 spiro atoms. The average molecular weight is 346 g/mol. The summed E-state index contributed by atoms with van der Waals surface area (Å²) in [6.45, 7) is 0. The van der Waals surface area contributed by atoms with Gasteiger partial charge in [-0.1, -0.05) is 19.3 Å². The smallest absolute Gasteiger partial charge is 0.258 e. The third-order valence-corrected chi connectivity index (χ3v) is 5.72. The van der Waals surface area contributed by atoms with Gasteiger partial charge in [-0.05, 0) is 18.9 Å². The van der Waals surface area contributed by atoms with E-state index in [-0.39, 0.29) is 16.5 Å². The molecule has 3 N–H and O–H groups in total. The normalized spacial score (nSPS) is 16.5. The number of non-ortho nitro benzene ring substituents is 1. The third kappa shape index (κ3) is 4.24. The van der Waals surface area contributed by atoms with E-state index < -0.39 is 18.4 Å². The number of nitrogens with zero attached hydrogens (tertiary/aromatic N) is 1. The van der Waals surface area contributed by atoms with Crippen molar-refractivity contribution in [2.75, 3.05) is 0 Å². The van der Waals surface area contributed by atoms with E-state index in [4.69, 9.17) is 0 Å². The Morgan fingerprint density at radius 1 is 1.23 bits per heavy atom. The highest BCUT2D eigenvalue weighted by Gasteiger charge is 2.45. The average Bonchev–Trinajstić information content (AvgIpc) is 2.47. The summed E-state index contributed by atoms with van der Waals surface area (Å²) in [4.78, 5) is 50.1. The van der Waals surface area contributed by atoms with Crippen LogP contribution in [0.1, 0.15) is 42.5 Å².